The summed E-state index contributed by atoms with van der Waals surface area (Å²) in [4.78, 5) is 13.3. The highest BCUT2D eigenvalue weighted by Gasteiger charge is 2.33. The second-order valence-corrected chi connectivity index (χ2v) is 9.66. The number of benzene rings is 2. The number of rotatable bonds is 4. The molecule has 0 amide bonds. The van der Waals surface area contributed by atoms with E-state index in [-0.39, 0.29) is 35.0 Å². The number of aryl methyl sites for hydroxylation is 1. The largest absolute Gasteiger partial charge is 0.511 e. The first kappa shape index (κ1) is 26.1. The van der Waals surface area contributed by atoms with E-state index in [1.165, 1.54) is 6.07 Å². The van der Waals surface area contributed by atoms with Crippen molar-refractivity contribution in [2.45, 2.75) is 59.6 Å². The van der Waals surface area contributed by atoms with Crippen LogP contribution in [0.3, 0.4) is 0 Å². The summed E-state index contributed by atoms with van der Waals surface area (Å²) in [7, 11) is 0. The smallest absolute Gasteiger partial charge is 0.417 e. The standard InChI is InChI=1S/C27H30ClF3O3/c1-5-18-8-9-19(34-20-10-11-22(23(28)14-20)27(29,30)31)13-21(18)25-24(32)12-15(2)6-7-16(3)17(4)26(25)33/h8-11,13-17,33H,5-7,12H2,1-4H3/b26-25+/t15-,16+,17?/m1/s1. The highest BCUT2D eigenvalue weighted by molar-refractivity contribution is 6.31. The van der Waals surface area contributed by atoms with E-state index in [4.69, 9.17) is 16.3 Å². The molecule has 1 N–H and O–H groups in total. The van der Waals surface area contributed by atoms with Gasteiger partial charge in [-0.25, -0.2) is 0 Å². The van der Waals surface area contributed by atoms with Crippen LogP contribution in [0.4, 0.5) is 13.2 Å². The minimum Gasteiger partial charge on any atom is -0.511 e. The lowest BCUT2D eigenvalue weighted by Crippen LogP contribution is -2.15. The third-order valence-electron chi connectivity index (χ3n) is 6.68. The van der Waals surface area contributed by atoms with Gasteiger partial charge in [0.25, 0.3) is 0 Å². The predicted molar refractivity (Wildman–Crippen MR) is 128 cm³/mol. The van der Waals surface area contributed by atoms with Crippen LogP contribution in [0.5, 0.6) is 11.5 Å². The fraction of sp³-hybridized carbons (Fsp3) is 0.444. The topological polar surface area (TPSA) is 46.5 Å². The lowest BCUT2D eigenvalue weighted by molar-refractivity contribution is -0.137. The maximum absolute atomic E-state index is 13.3. The van der Waals surface area contributed by atoms with E-state index in [1.54, 1.807) is 12.1 Å². The molecule has 1 unspecified atom stereocenters. The summed E-state index contributed by atoms with van der Waals surface area (Å²) in [5.41, 5.74) is 0.834. The predicted octanol–water partition coefficient (Wildman–Crippen LogP) is 8.64. The Labute approximate surface area is 203 Å². The zero-order valence-corrected chi connectivity index (χ0v) is 20.6. The van der Waals surface area contributed by atoms with Crippen LogP contribution in [-0.4, -0.2) is 10.9 Å². The zero-order valence-electron chi connectivity index (χ0n) is 19.8. The van der Waals surface area contributed by atoms with Crippen molar-refractivity contribution in [2.75, 3.05) is 0 Å². The molecule has 0 heterocycles. The van der Waals surface area contributed by atoms with Crippen LogP contribution < -0.4 is 4.74 Å². The lowest BCUT2D eigenvalue weighted by atomic mass is 9.85. The van der Waals surface area contributed by atoms with Crippen LogP contribution in [0.25, 0.3) is 5.57 Å². The number of ketones is 1. The Bertz CT molecular complexity index is 1090. The van der Waals surface area contributed by atoms with Crippen LogP contribution in [-0.2, 0) is 17.4 Å². The molecule has 0 fully saturated rings. The first-order valence-corrected chi connectivity index (χ1v) is 11.9. The van der Waals surface area contributed by atoms with Crippen molar-refractivity contribution in [3.63, 3.8) is 0 Å². The number of carbonyl (C=O) groups is 1. The van der Waals surface area contributed by atoms with Gasteiger partial charge in [-0.2, -0.15) is 13.2 Å². The summed E-state index contributed by atoms with van der Waals surface area (Å²) < 4.78 is 44.9. The molecule has 3 atom stereocenters. The number of halogens is 4. The first-order chi connectivity index (χ1) is 15.9. The van der Waals surface area contributed by atoms with Crippen LogP contribution in [0.1, 0.15) is 63.6 Å². The Balaban J connectivity index is 2.05. The SMILES string of the molecule is CCc1ccc(Oc2ccc(C(F)(F)F)c(Cl)c2)cc1/C1=C(\O)C(C)[C@@H](C)CC[C@@H](C)CC1=O. The van der Waals surface area contributed by atoms with Crippen molar-refractivity contribution < 1.29 is 27.8 Å². The maximum atomic E-state index is 13.3. The molecule has 3 rings (SSSR count). The Morgan fingerprint density at radius 1 is 1.06 bits per heavy atom. The number of Topliss-reactive ketones (excluding diaryl/α,β-unsaturated/α-hetero) is 1. The summed E-state index contributed by atoms with van der Waals surface area (Å²) in [5.74, 6) is 0.662. The Hall–Kier alpha value is -2.47. The molecule has 3 nitrogen and oxygen atoms in total. The number of alkyl halides is 3. The summed E-state index contributed by atoms with van der Waals surface area (Å²) in [6.45, 7) is 8.01. The number of hydrogen-bond acceptors (Lipinski definition) is 3. The van der Waals surface area contributed by atoms with Gasteiger partial charge in [-0.3, -0.25) is 4.79 Å². The van der Waals surface area contributed by atoms with E-state index in [9.17, 15) is 23.1 Å². The zero-order chi connectivity index (χ0) is 25.2. The van der Waals surface area contributed by atoms with Gasteiger partial charge >= 0.3 is 6.18 Å². The van der Waals surface area contributed by atoms with E-state index in [2.05, 4.69) is 6.92 Å². The molecule has 0 radical (unpaired) electrons. The monoisotopic (exact) mass is 494 g/mol. The van der Waals surface area contributed by atoms with Crippen molar-refractivity contribution in [3.8, 4) is 11.5 Å². The third kappa shape index (κ3) is 5.77. The normalized spacial score (nSPS) is 24.4. The summed E-state index contributed by atoms with van der Waals surface area (Å²) in [5, 5.41) is 10.7. The van der Waals surface area contributed by atoms with E-state index >= 15 is 0 Å². The van der Waals surface area contributed by atoms with E-state index in [1.807, 2.05) is 26.8 Å². The first-order valence-electron chi connectivity index (χ1n) is 11.6. The molecule has 0 bridgehead atoms. The number of aliphatic hydroxyl groups is 1. The van der Waals surface area contributed by atoms with Gasteiger partial charge in [0.05, 0.1) is 16.2 Å². The minimum absolute atomic E-state index is 0.0797. The van der Waals surface area contributed by atoms with Crippen molar-refractivity contribution in [2.24, 2.45) is 17.8 Å². The fourth-order valence-corrected chi connectivity index (χ4v) is 4.61. The molecule has 0 saturated carbocycles. The molecule has 0 saturated heterocycles. The van der Waals surface area contributed by atoms with Gasteiger partial charge in [-0.1, -0.05) is 45.4 Å². The van der Waals surface area contributed by atoms with Crippen molar-refractivity contribution in [1.29, 1.82) is 0 Å². The van der Waals surface area contributed by atoms with Crippen LogP contribution in [0.2, 0.25) is 5.02 Å². The molecule has 1 aliphatic rings. The fourth-order valence-electron chi connectivity index (χ4n) is 4.33. The van der Waals surface area contributed by atoms with Crippen molar-refractivity contribution in [3.05, 3.63) is 63.9 Å². The molecular formula is C27H30ClF3O3. The van der Waals surface area contributed by atoms with Gasteiger partial charge in [0.15, 0.2) is 5.78 Å². The van der Waals surface area contributed by atoms with Gasteiger partial charge in [0.1, 0.15) is 17.3 Å². The molecule has 2 aromatic carbocycles. The second-order valence-electron chi connectivity index (χ2n) is 9.25. The minimum atomic E-state index is -4.56. The Morgan fingerprint density at radius 2 is 1.71 bits per heavy atom. The number of ether oxygens (including phenoxy) is 1. The molecule has 1 aliphatic carbocycles. The summed E-state index contributed by atoms with van der Waals surface area (Å²) in [6.07, 6.45) is -1.76. The molecule has 184 valence electrons. The van der Waals surface area contributed by atoms with Gasteiger partial charge < -0.3 is 9.84 Å². The average molecular weight is 495 g/mol. The Morgan fingerprint density at radius 3 is 2.32 bits per heavy atom. The molecule has 34 heavy (non-hydrogen) atoms. The number of carbonyl (C=O) groups excluding carboxylic acids is 1. The molecular weight excluding hydrogens is 465 g/mol. The van der Waals surface area contributed by atoms with Gasteiger partial charge in [0, 0.05) is 18.4 Å². The maximum Gasteiger partial charge on any atom is 0.417 e. The highest BCUT2D eigenvalue weighted by Crippen LogP contribution is 2.39. The van der Waals surface area contributed by atoms with Crippen molar-refractivity contribution in [1.82, 2.24) is 0 Å². The quantitative estimate of drug-likeness (QED) is 0.462. The van der Waals surface area contributed by atoms with E-state index < -0.39 is 16.8 Å². The highest BCUT2D eigenvalue weighted by atomic mass is 35.5. The molecule has 0 aromatic heterocycles. The van der Waals surface area contributed by atoms with Crippen molar-refractivity contribution >= 4 is 23.0 Å². The number of allylic oxidation sites excluding steroid dienone is 2. The van der Waals surface area contributed by atoms with Crippen LogP contribution >= 0.6 is 11.6 Å². The molecule has 0 spiro atoms. The van der Waals surface area contributed by atoms with Gasteiger partial charge in [-0.15, -0.1) is 0 Å². The van der Waals surface area contributed by atoms with Crippen LogP contribution in [0, 0.1) is 17.8 Å². The van der Waals surface area contributed by atoms with Gasteiger partial charge in [-0.05, 0) is 66.5 Å². The molecule has 2 aromatic rings. The van der Waals surface area contributed by atoms with E-state index in [0.717, 1.165) is 30.5 Å². The van der Waals surface area contributed by atoms with E-state index in [0.29, 0.717) is 29.7 Å². The average Bonchev–Trinajstić information content (AvgIpc) is 2.78. The van der Waals surface area contributed by atoms with Crippen LogP contribution in [0.15, 0.2) is 42.2 Å². The summed E-state index contributed by atoms with van der Waals surface area (Å²) >= 11 is 5.83. The Kier molecular flexibility index (Phi) is 8.02. The molecule has 0 aliphatic heterocycles. The second kappa shape index (κ2) is 10.4. The molecule has 7 heteroatoms. The number of aliphatic hydroxyl groups excluding tert-OH is 1. The number of hydrogen-bond donors (Lipinski definition) is 1. The summed E-state index contributed by atoms with van der Waals surface area (Å²) in [6, 6.07) is 8.38. The third-order valence-corrected chi connectivity index (χ3v) is 6.99. The lowest BCUT2D eigenvalue weighted by Gasteiger charge is -2.22. The van der Waals surface area contributed by atoms with Gasteiger partial charge in [0.2, 0.25) is 0 Å².